The van der Waals surface area contributed by atoms with Crippen LogP contribution >= 0.6 is 0 Å². The molecule has 1 aromatic carbocycles. The highest BCUT2D eigenvalue weighted by atomic mass is 16.4. The van der Waals surface area contributed by atoms with Gasteiger partial charge in [0.05, 0.1) is 17.5 Å². The number of anilines is 5. The van der Waals surface area contributed by atoms with Gasteiger partial charge in [-0.25, -0.2) is 15.0 Å². The van der Waals surface area contributed by atoms with Gasteiger partial charge < -0.3 is 20.8 Å². The third-order valence-electron chi connectivity index (χ3n) is 4.68. The van der Waals surface area contributed by atoms with Gasteiger partial charge in [-0.1, -0.05) is 12.0 Å². The van der Waals surface area contributed by atoms with Crippen LogP contribution in [0.3, 0.4) is 0 Å². The lowest BCUT2D eigenvalue weighted by molar-refractivity contribution is 0.578. The molecule has 4 aromatic heterocycles. The first-order valence-electron chi connectivity index (χ1n) is 10.3. The van der Waals surface area contributed by atoms with Crippen molar-refractivity contribution >= 4 is 29.2 Å². The maximum absolute atomic E-state index is 6.11. The molecule has 0 saturated carbocycles. The van der Waals surface area contributed by atoms with Crippen molar-refractivity contribution in [2.45, 2.75) is 0 Å². The second kappa shape index (κ2) is 9.50. The Morgan fingerprint density at radius 2 is 1.71 bits per heavy atom. The zero-order valence-electron chi connectivity index (χ0n) is 17.8. The fourth-order valence-electron chi connectivity index (χ4n) is 3.06. The average Bonchev–Trinajstić information content (AvgIpc) is 3.38. The quantitative estimate of drug-likeness (QED) is 0.337. The van der Waals surface area contributed by atoms with E-state index in [9.17, 15) is 0 Å². The standard InChI is InChI=1S/C25H18N8O/c26-23-21(22-3-1-2-11-28-22)16-30-24(33-23)31-18-7-4-17(5-8-18)6-9-19-15-20(10-12-27-19)32-25-29-13-14-34-25/h1-5,7-8,10-16H,(H,27,29,32)(H3,26,30,31,33). The van der Waals surface area contributed by atoms with Crippen molar-refractivity contribution < 1.29 is 4.42 Å². The predicted molar refractivity (Wildman–Crippen MR) is 129 cm³/mol. The van der Waals surface area contributed by atoms with Crippen molar-refractivity contribution in [3.8, 4) is 23.1 Å². The lowest BCUT2D eigenvalue weighted by Crippen LogP contribution is -2.02. The lowest BCUT2D eigenvalue weighted by atomic mass is 10.2. The van der Waals surface area contributed by atoms with Gasteiger partial charge in [0.1, 0.15) is 17.8 Å². The zero-order valence-corrected chi connectivity index (χ0v) is 17.8. The van der Waals surface area contributed by atoms with E-state index in [4.69, 9.17) is 10.2 Å². The second-order valence-electron chi connectivity index (χ2n) is 7.05. The molecular weight excluding hydrogens is 428 g/mol. The van der Waals surface area contributed by atoms with E-state index in [1.165, 1.54) is 6.26 Å². The molecule has 0 aliphatic carbocycles. The molecule has 164 valence electrons. The molecule has 9 nitrogen and oxygen atoms in total. The van der Waals surface area contributed by atoms with Gasteiger partial charge in [0, 0.05) is 35.5 Å². The van der Waals surface area contributed by atoms with Crippen LogP contribution in [0, 0.1) is 11.8 Å². The fraction of sp³-hybridized carbons (Fsp3) is 0. The summed E-state index contributed by atoms with van der Waals surface area (Å²) in [5.74, 6) is 6.92. The number of nitrogens with zero attached hydrogens (tertiary/aromatic N) is 5. The number of hydrogen-bond acceptors (Lipinski definition) is 9. The fourth-order valence-corrected chi connectivity index (χ4v) is 3.06. The molecule has 34 heavy (non-hydrogen) atoms. The highest BCUT2D eigenvalue weighted by Crippen LogP contribution is 2.23. The van der Waals surface area contributed by atoms with E-state index in [0.29, 0.717) is 29.0 Å². The Morgan fingerprint density at radius 3 is 2.47 bits per heavy atom. The largest absolute Gasteiger partial charge is 0.432 e. The van der Waals surface area contributed by atoms with Crippen molar-refractivity contribution in [1.29, 1.82) is 0 Å². The van der Waals surface area contributed by atoms with Crippen LogP contribution in [-0.2, 0) is 0 Å². The smallest absolute Gasteiger partial charge is 0.299 e. The summed E-state index contributed by atoms with van der Waals surface area (Å²) in [6.45, 7) is 0. The predicted octanol–water partition coefficient (Wildman–Crippen LogP) is 4.39. The second-order valence-corrected chi connectivity index (χ2v) is 7.05. The van der Waals surface area contributed by atoms with E-state index in [2.05, 4.69) is 47.4 Å². The Bertz CT molecular complexity index is 1460. The molecule has 4 N–H and O–H groups in total. The number of oxazole rings is 1. The van der Waals surface area contributed by atoms with Crippen LogP contribution in [-0.4, -0.2) is 24.9 Å². The molecular formula is C25H18N8O. The first kappa shape index (κ1) is 20.7. The van der Waals surface area contributed by atoms with Gasteiger partial charge in [0.15, 0.2) is 0 Å². The van der Waals surface area contributed by atoms with Crippen LogP contribution in [0.2, 0.25) is 0 Å². The maximum Gasteiger partial charge on any atom is 0.299 e. The molecule has 0 atom stereocenters. The molecule has 0 spiro atoms. The molecule has 4 heterocycles. The number of aromatic nitrogens is 5. The van der Waals surface area contributed by atoms with E-state index >= 15 is 0 Å². The Balaban J connectivity index is 1.25. The van der Waals surface area contributed by atoms with E-state index in [-0.39, 0.29) is 0 Å². The van der Waals surface area contributed by atoms with Gasteiger partial charge in [0.25, 0.3) is 6.01 Å². The number of hydrogen-bond donors (Lipinski definition) is 3. The van der Waals surface area contributed by atoms with Crippen molar-refractivity contribution in [2.75, 3.05) is 16.4 Å². The highest BCUT2D eigenvalue weighted by Gasteiger charge is 2.08. The summed E-state index contributed by atoms with van der Waals surface area (Å²) in [5.41, 5.74) is 10.6. The molecule has 0 aliphatic heterocycles. The average molecular weight is 446 g/mol. The Labute approximate surface area is 195 Å². The number of pyridine rings is 2. The van der Waals surface area contributed by atoms with Crippen LogP contribution in [0.25, 0.3) is 11.3 Å². The van der Waals surface area contributed by atoms with Gasteiger partial charge in [-0.05, 0) is 54.5 Å². The molecule has 5 rings (SSSR count). The van der Waals surface area contributed by atoms with Gasteiger partial charge in [0.2, 0.25) is 5.95 Å². The van der Waals surface area contributed by atoms with Crippen molar-refractivity contribution in [2.24, 2.45) is 0 Å². The van der Waals surface area contributed by atoms with Gasteiger partial charge in [-0.15, -0.1) is 0 Å². The summed E-state index contributed by atoms with van der Waals surface area (Å²) in [7, 11) is 0. The molecule has 0 fully saturated rings. The highest BCUT2D eigenvalue weighted by molar-refractivity contribution is 5.71. The lowest BCUT2D eigenvalue weighted by Gasteiger charge is -2.08. The Morgan fingerprint density at radius 1 is 0.794 bits per heavy atom. The number of rotatable bonds is 5. The minimum Gasteiger partial charge on any atom is -0.432 e. The van der Waals surface area contributed by atoms with Crippen LogP contribution in [0.5, 0.6) is 0 Å². The summed E-state index contributed by atoms with van der Waals surface area (Å²) >= 11 is 0. The van der Waals surface area contributed by atoms with E-state index < -0.39 is 0 Å². The summed E-state index contributed by atoms with van der Waals surface area (Å²) in [5, 5.41) is 6.20. The molecule has 0 radical (unpaired) electrons. The van der Waals surface area contributed by atoms with Gasteiger partial charge in [-0.3, -0.25) is 4.98 Å². The maximum atomic E-state index is 6.11. The number of nitrogen functional groups attached to an aromatic ring is 1. The van der Waals surface area contributed by atoms with E-state index in [1.807, 2.05) is 54.6 Å². The van der Waals surface area contributed by atoms with Crippen molar-refractivity contribution in [3.05, 3.63) is 96.9 Å². The molecule has 0 unspecified atom stereocenters. The number of benzene rings is 1. The summed E-state index contributed by atoms with van der Waals surface area (Å²) in [4.78, 5) is 21.3. The van der Waals surface area contributed by atoms with Crippen molar-refractivity contribution in [1.82, 2.24) is 24.9 Å². The first-order chi connectivity index (χ1) is 16.7. The third-order valence-corrected chi connectivity index (χ3v) is 4.68. The van der Waals surface area contributed by atoms with Crippen LogP contribution in [0.1, 0.15) is 11.3 Å². The zero-order chi connectivity index (χ0) is 23.2. The molecule has 0 saturated heterocycles. The molecule has 0 bridgehead atoms. The minimum absolute atomic E-state index is 0.353. The minimum atomic E-state index is 0.353. The van der Waals surface area contributed by atoms with E-state index in [1.54, 1.807) is 24.8 Å². The monoisotopic (exact) mass is 446 g/mol. The molecule has 9 heteroatoms. The number of nitrogens with two attached hydrogens (primary N) is 1. The number of nitrogens with one attached hydrogen (secondary N) is 2. The SMILES string of the molecule is Nc1nc(Nc2ccc(C#Cc3cc(Nc4ncco4)ccn3)cc2)ncc1-c1ccccn1. The summed E-state index contributed by atoms with van der Waals surface area (Å²) in [6.07, 6.45) is 8.10. The van der Waals surface area contributed by atoms with Gasteiger partial charge in [-0.2, -0.15) is 4.98 Å². The van der Waals surface area contributed by atoms with Crippen LogP contribution in [0.15, 0.2) is 90.1 Å². The van der Waals surface area contributed by atoms with E-state index in [0.717, 1.165) is 22.6 Å². The van der Waals surface area contributed by atoms with Crippen LogP contribution in [0.4, 0.5) is 29.2 Å². The summed E-state index contributed by atoms with van der Waals surface area (Å²) < 4.78 is 5.19. The van der Waals surface area contributed by atoms with Crippen LogP contribution < -0.4 is 16.4 Å². The third kappa shape index (κ3) is 4.98. The summed E-state index contributed by atoms with van der Waals surface area (Å²) in [6, 6.07) is 17.2. The van der Waals surface area contributed by atoms with Gasteiger partial charge >= 0.3 is 0 Å². The topological polar surface area (TPSA) is 128 Å². The first-order valence-corrected chi connectivity index (χ1v) is 10.3. The molecule has 0 amide bonds. The normalized spacial score (nSPS) is 10.2. The molecule has 0 aliphatic rings. The Kier molecular flexibility index (Phi) is 5.77. The van der Waals surface area contributed by atoms with Crippen molar-refractivity contribution in [3.63, 3.8) is 0 Å². The molecule has 5 aromatic rings. The Hall–Kier alpha value is -5.23.